The van der Waals surface area contributed by atoms with Crippen molar-refractivity contribution < 1.29 is 5.11 Å². The van der Waals surface area contributed by atoms with Crippen LogP contribution < -0.4 is 0 Å². The second-order valence-electron chi connectivity index (χ2n) is 7.33. The minimum absolute atomic E-state index is 0.252. The van der Waals surface area contributed by atoms with E-state index in [1.165, 1.54) is 6.42 Å². The summed E-state index contributed by atoms with van der Waals surface area (Å²) in [4.78, 5) is 11.5. The van der Waals surface area contributed by atoms with Crippen molar-refractivity contribution in [3.8, 4) is 0 Å². The van der Waals surface area contributed by atoms with Crippen LogP contribution in [0.3, 0.4) is 0 Å². The highest BCUT2D eigenvalue weighted by Crippen LogP contribution is 2.49. The van der Waals surface area contributed by atoms with E-state index in [1.54, 1.807) is 0 Å². The Labute approximate surface area is 143 Å². The molecule has 2 aliphatic rings. The number of likely N-dealkylation sites (tertiary alicyclic amines) is 1. The smallest absolute Gasteiger partial charge is 0.115 e. The first-order chi connectivity index (χ1) is 11.7. The molecule has 1 N–H and O–H groups in total. The monoisotopic (exact) mass is 323 g/mol. The van der Waals surface area contributed by atoms with Gasteiger partial charge in [0.25, 0.3) is 0 Å². The van der Waals surface area contributed by atoms with Gasteiger partial charge in [-0.1, -0.05) is 18.6 Å². The largest absolute Gasteiger partial charge is 0.383 e. The number of nitrogens with zero attached hydrogens (tertiary/aromatic N) is 3. The Morgan fingerprint density at radius 2 is 1.83 bits per heavy atom. The van der Waals surface area contributed by atoms with Crippen molar-refractivity contribution in [2.24, 2.45) is 11.8 Å². The number of hydrogen-bond donors (Lipinski definition) is 1. The lowest BCUT2D eigenvalue weighted by Crippen LogP contribution is -2.58. The normalized spacial score (nSPS) is 30.2. The Kier molecular flexibility index (Phi) is 4.10. The topological polar surface area (TPSA) is 49.3 Å². The van der Waals surface area contributed by atoms with Crippen LogP contribution in [-0.2, 0) is 12.1 Å². The van der Waals surface area contributed by atoms with Gasteiger partial charge in [0.05, 0.1) is 11.4 Å². The fourth-order valence-electron chi connectivity index (χ4n) is 4.68. The molecule has 0 amide bonds. The molecule has 4 nitrogen and oxygen atoms in total. The number of aromatic nitrogens is 2. The van der Waals surface area contributed by atoms with Crippen molar-refractivity contribution in [3.63, 3.8) is 0 Å². The maximum atomic E-state index is 11.7. The predicted molar refractivity (Wildman–Crippen MR) is 93.2 cm³/mol. The molecule has 0 unspecified atom stereocenters. The zero-order valence-electron chi connectivity index (χ0n) is 14.2. The van der Waals surface area contributed by atoms with Crippen LogP contribution in [0.2, 0.25) is 0 Å². The summed E-state index contributed by atoms with van der Waals surface area (Å²) in [6, 6.07) is 10.1. The standard InChI is InChI=1S/C20H25N3O/c1-15-6-5-11-22-19(15)20(24)16-7-4-8-17(20)13-23(12-16)14-18-9-2-3-10-21-18/h2-3,5-6,9-11,16-17,24H,4,7-8,12-14H2,1H3/t16-,17-/m0/s1. The zero-order valence-corrected chi connectivity index (χ0v) is 14.2. The lowest BCUT2D eigenvalue weighted by Gasteiger charge is -2.53. The van der Waals surface area contributed by atoms with Gasteiger partial charge in [0.15, 0.2) is 0 Å². The number of hydrogen-bond acceptors (Lipinski definition) is 4. The third kappa shape index (κ3) is 2.64. The van der Waals surface area contributed by atoms with Crippen LogP contribution in [0.15, 0.2) is 42.7 Å². The molecule has 126 valence electrons. The van der Waals surface area contributed by atoms with Crippen molar-refractivity contribution in [1.82, 2.24) is 14.9 Å². The van der Waals surface area contributed by atoms with Crippen molar-refractivity contribution in [1.29, 1.82) is 0 Å². The molecule has 0 aromatic carbocycles. The molecular weight excluding hydrogens is 298 g/mol. The Hall–Kier alpha value is -1.78. The average Bonchev–Trinajstić information content (AvgIpc) is 2.57. The van der Waals surface area contributed by atoms with Gasteiger partial charge in [-0.05, 0) is 43.5 Å². The zero-order chi connectivity index (χ0) is 16.6. The van der Waals surface area contributed by atoms with Gasteiger partial charge in [-0.15, -0.1) is 0 Å². The van der Waals surface area contributed by atoms with Crippen LogP contribution in [0, 0.1) is 18.8 Å². The van der Waals surface area contributed by atoms with Crippen molar-refractivity contribution in [2.45, 2.75) is 38.3 Å². The van der Waals surface area contributed by atoms with Gasteiger partial charge in [0.2, 0.25) is 0 Å². The first-order valence-electron chi connectivity index (χ1n) is 8.94. The van der Waals surface area contributed by atoms with E-state index in [0.29, 0.717) is 0 Å². The molecule has 0 radical (unpaired) electrons. The Morgan fingerprint density at radius 3 is 2.50 bits per heavy atom. The molecule has 1 aliphatic carbocycles. The van der Waals surface area contributed by atoms with E-state index in [2.05, 4.69) is 33.9 Å². The quantitative estimate of drug-likeness (QED) is 0.943. The minimum atomic E-state index is -0.774. The molecule has 4 rings (SSSR count). The number of rotatable bonds is 3. The Morgan fingerprint density at radius 1 is 1.08 bits per heavy atom. The maximum Gasteiger partial charge on any atom is 0.115 e. The molecule has 4 heteroatoms. The first kappa shape index (κ1) is 15.7. The summed E-state index contributed by atoms with van der Waals surface area (Å²) >= 11 is 0. The number of aryl methyl sites for hydroxylation is 1. The minimum Gasteiger partial charge on any atom is -0.383 e. The van der Waals surface area contributed by atoms with E-state index in [0.717, 1.165) is 49.4 Å². The third-order valence-corrected chi connectivity index (χ3v) is 5.81. The lowest BCUT2D eigenvalue weighted by molar-refractivity contribution is -0.151. The van der Waals surface area contributed by atoms with E-state index in [1.807, 2.05) is 30.6 Å². The van der Waals surface area contributed by atoms with Gasteiger partial charge in [0, 0.05) is 43.9 Å². The molecule has 2 atom stereocenters. The highest BCUT2D eigenvalue weighted by molar-refractivity contribution is 5.28. The highest BCUT2D eigenvalue weighted by Gasteiger charge is 2.52. The second kappa shape index (κ2) is 6.26. The van der Waals surface area contributed by atoms with E-state index >= 15 is 0 Å². The molecule has 2 bridgehead atoms. The van der Waals surface area contributed by atoms with Crippen molar-refractivity contribution >= 4 is 0 Å². The van der Waals surface area contributed by atoms with Crippen LogP contribution in [0.25, 0.3) is 0 Å². The molecule has 2 fully saturated rings. The summed E-state index contributed by atoms with van der Waals surface area (Å²) in [5, 5.41) is 11.7. The second-order valence-corrected chi connectivity index (χ2v) is 7.33. The van der Waals surface area contributed by atoms with Gasteiger partial charge in [-0.2, -0.15) is 0 Å². The van der Waals surface area contributed by atoms with Crippen molar-refractivity contribution in [2.75, 3.05) is 13.1 Å². The van der Waals surface area contributed by atoms with Crippen LogP contribution in [0.1, 0.15) is 36.2 Å². The van der Waals surface area contributed by atoms with E-state index in [-0.39, 0.29) is 11.8 Å². The summed E-state index contributed by atoms with van der Waals surface area (Å²) in [7, 11) is 0. The summed E-state index contributed by atoms with van der Waals surface area (Å²) < 4.78 is 0. The number of piperidine rings is 1. The summed E-state index contributed by atoms with van der Waals surface area (Å²) in [6.07, 6.45) is 7.02. The van der Waals surface area contributed by atoms with Gasteiger partial charge in [-0.3, -0.25) is 14.9 Å². The number of fused-ring (bicyclic) bond motifs is 2. The molecule has 24 heavy (non-hydrogen) atoms. The highest BCUT2D eigenvalue weighted by atomic mass is 16.3. The lowest BCUT2D eigenvalue weighted by atomic mass is 9.63. The Bertz CT molecular complexity index is 689. The van der Waals surface area contributed by atoms with Gasteiger partial charge in [-0.25, -0.2) is 0 Å². The molecular formula is C20H25N3O. The summed E-state index contributed by atoms with van der Waals surface area (Å²) in [5.74, 6) is 0.504. The molecule has 3 heterocycles. The van der Waals surface area contributed by atoms with Crippen LogP contribution in [0.4, 0.5) is 0 Å². The number of aliphatic hydroxyl groups is 1. The average molecular weight is 323 g/mol. The third-order valence-electron chi connectivity index (χ3n) is 5.81. The maximum absolute atomic E-state index is 11.7. The van der Waals surface area contributed by atoms with Gasteiger partial charge >= 0.3 is 0 Å². The summed E-state index contributed by atoms with van der Waals surface area (Å²) in [6.45, 7) is 4.76. The fourth-order valence-corrected chi connectivity index (χ4v) is 4.68. The van der Waals surface area contributed by atoms with E-state index in [9.17, 15) is 5.11 Å². The molecule has 2 aromatic heterocycles. The molecule has 1 aliphatic heterocycles. The van der Waals surface area contributed by atoms with E-state index in [4.69, 9.17) is 0 Å². The fraction of sp³-hybridized carbons (Fsp3) is 0.500. The Balaban J connectivity index is 1.60. The van der Waals surface area contributed by atoms with Crippen LogP contribution >= 0.6 is 0 Å². The van der Waals surface area contributed by atoms with Crippen molar-refractivity contribution in [3.05, 3.63) is 59.7 Å². The molecule has 2 aromatic rings. The molecule has 1 saturated carbocycles. The predicted octanol–water partition coefficient (Wildman–Crippen LogP) is 2.90. The van der Waals surface area contributed by atoms with Gasteiger partial charge < -0.3 is 5.11 Å². The van der Waals surface area contributed by atoms with Gasteiger partial charge in [0.1, 0.15) is 5.60 Å². The van der Waals surface area contributed by atoms with E-state index < -0.39 is 5.60 Å². The van der Waals surface area contributed by atoms with Crippen LogP contribution in [0.5, 0.6) is 0 Å². The summed E-state index contributed by atoms with van der Waals surface area (Å²) in [5.41, 5.74) is 2.34. The molecule has 1 saturated heterocycles. The number of pyridine rings is 2. The SMILES string of the molecule is Cc1cccnc1C1(O)[C@H]2CCC[C@H]1CN(Cc1ccccn1)C2. The first-order valence-corrected chi connectivity index (χ1v) is 8.94. The van der Waals surface area contributed by atoms with Crippen LogP contribution in [-0.4, -0.2) is 33.1 Å². The molecule has 0 spiro atoms.